The fourth-order valence-electron chi connectivity index (χ4n) is 9.42. The van der Waals surface area contributed by atoms with Crippen molar-refractivity contribution >= 4 is 27.8 Å². The van der Waals surface area contributed by atoms with Gasteiger partial charge in [-0.05, 0) is 109 Å². The summed E-state index contributed by atoms with van der Waals surface area (Å²) in [4.78, 5) is 2.43. The van der Waals surface area contributed by atoms with Gasteiger partial charge in [-0.3, -0.25) is 0 Å². The zero-order valence-electron chi connectivity index (χ0n) is 30.7. The molecule has 0 fully saturated rings. The Morgan fingerprint density at radius 1 is 0.358 bits per heavy atom. The lowest BCUT2D eigenvalue weighted by Crippen LogP contribution is -2.16. The molecule has 10 rings (SSSR count). The first-order valence-corrected chi connectivity index (χ1v) is 18.8. The minimum atomic E-state index is -0.0980. The third-order valence-corrected chi connectivity index (χ3v) is 12.0. The van der Waals surface area contributed by atoms with Gasteiger partial charge in [0.15, 0.2) is 0 Å². The van der Waals surface area contributed by atoms with Crippen molar-refractivity contribution in [2.45, 2.75) is 38.5 Å². The van der Waals surface area contributed by atoms with Gasteiger partial charge in [-0.1, -0.05) is 167 Å². The number of rotatable bonds is 5. The fourth-order valence-corrected chi connectivity index (χ4v) is 9.42. The van der Waals surface area contributed by atoms with Gasteiger partial charge in [0.1, 0.15) is 0 Å². The summed E-state index contributed by atoms with van der Waals surface area (Å²) in [6.45, 7) is 9.44. The first kappa shape index (κ1) is 31.5. The molecule has 0 heterocycles. The van der Waals surface area contributed by atoms with E-state index in [-0.39, 0.29) is 10.8 Å². The van der Waals surface area contributed by atoms with E-state index in [4.69, 9.17) is 0 Å². The van der Waals surface area contributed by atoms with Gasteiger partial charge in [-0.15, -0.1) is 0 Å². The fraction of sp³-hybridized carbons (Fsp3) is 0.115. The van der Waals surface area contributed by atoms with E-state index >= 15 is 0 Å². The van der Waals surface area contributed by atoms with E-state index in [1.54, 1.807) is 0 Å². The van der Waals surface area contributed by atoms with E-state index in [1.807, 2.05) is 0 Å². The molecule has 0 unspecified atom stereocenters. The van der Waals surface area contributed by atoms with Gasteiger partial charge in [-0.2, -0.15) is 0 Å². The summed E-state index contributed by atoms with van der Waals surface area (Å²) in [7, 11) is 0. The molecule has 0 aliphatic heterocycles. The van der Waals surface area contributed by atoms with Crippen LogP contribution in [0.4, 0.5) is 17.1 Å². The maximum Gasteiger partial charge on any atom is 0.0540 e. The lowest BCUT2D eigenvalue weighted by Gasteiger charge is -2.28. The van der Waals surface area contributed by atoms with Crippen LogP contribution in [0.25, 0.3) is 55.3 Å². The zero-order chi connectivity index (χ0) is 35.9. The number of benzene rings is 8. The van der Waals surface area contributed by atoms with E-state index in [0.717, 1.165) is 17.1 Å². The first-order valence-electron chi connectivity index (χ1n) is 18.8. The van der Waals surface area contributed by atoms with Crippen LogP contribution in [0.2, 0.25) is 0 Å². The molecule has 254 valence electrons. The first-order chi connectivity index (χ1) is 25.8. The molecule has 0 aromatic heterocycles. The maximum atomic E-state index is 2.43. The number of anilines is 3. The second-order valence-corrected chi connectivity index (χ2v) is 15.8. The Kier molecular flexibility index (Phi) is 6.94. The Labute approximate surface area is 312 Å². The van der Waals surface area contributed by atoms with Crippen molar-refractivity contribution in [1.82, 2.24) is 0 Å². The van der Waals surface area contributed by atoms with Crippen molar-refractivity contribution in [2.75, 3.05) is 4.90 Å². The summed E-state index contributed by atoms with van der Waals surface area (Å²) in [5.74, 6) is 0. The smallest absolute Gasteiger partial charge is 0.0540 e. The van der Waals surface area contributed by atoms with Crippen LogP contribution in [0, 0.1) is 0 Å². The highest BCUT2D eigenvalue weighted by molar-refractivity contribution is 5.99. The van der Waals surface area contributed by atoms with E-state index < -0.39 is 0 Å². The molecule has 0 atom stereocenters. The standard InChI is InChI=1S/C52H41N/c1-51(2)46-23-9-7-19-42(46)44-31-28-36(33-48(44)51)34-26-29-38(30-27-34)53(49-25-12-15-35-14-5-6-18-40(35)49)39-17-11-16-37(32-39)41-21-13-22-45-43-20-8-10-24-47(43)52(3,4)50(41)45/h5-33H,1-4H3. The zero-order valence-corrected chi connectivity index (χ0v) is 30.7. The molecule has 0 radical (unpaired) electrons. The largest absolute Gasteiger partial charge is 0.310 e. The molecule has 0 bridgehead atoms. The Morgan fingerprint density at radius 2 is 0.943 bits per heavy atom. The summed E-state index contributed by atoms with van der Waals surface area (Å²) in [5.41, 5.74) is 19.3. The highest BCUT2D eigenvalue weighted by Gasteiger charge is 2.38. The van der Waals surface area contributed by atoms with Crippen LogP contribution in [0.1, 0.15) is 49.9 Å². The summed E-state index contributed by atoms with van der Waals surface area (Å²) >= 11 is 0. The van der Waals surface area contributed by atoms with E-state index in [0.29, 0.717) is 0 Å². The molecule has 2 aliphatic rings. The van der Waals surface area contributed by atoms with Crippen LogP contribution in [-0.2, 0) is 10.8 Å². The quantitative estimate of drug-likeness (QED) is 0.175. The summed E-state index contributed by atoms with van der Waals surface area (Å²) in [5, 5.41) is 2.45. The van der Waals surface area contributed by atoms with Gasteiger partial charge >= 0.3 is 0 Å². The normalized spacial score (nSPS) is 14.3. The third-order valence-electron chi connectivity index (χ3n) is 12.0. The van der Waals surface area contributed by atoms with Crippen molar-refractivity contribution < 1.29 is 0 Å². The van der Waals surface area contributed by atoms with Gasteiger partial charge in [0.2, 0.25) is 0 Å². The van der Waals surface area contributed by atoms with Crippen molar-refractivity contribution in [2.24, 2.45) is 0 Å². The minimum absolute atomic E-state index is 0.0328. The predicted molar refractivity (Wildman–Crippen MR) is 225 cm³/mol. The molecule has 0 saturated carbocycles. The van der Waals surface area contributed by atoms with Gasteiger partial charge in [0.05, 0.1) is 5.69 Å². The minimum Gasteiger partial charge on any atom is -0.310 e. The average molecular weight is 680 g/mol. The van der Waals surface area contributed by atoms with Gasteiger partial charge in [0, 0.05) is 27.6 Å². The molecule has 0 N–H and O–H groups in total. The Hall–Kier alpha value is -6.18. The molecular formula is C52H41N. The Bertz CT molecular complexity index is 2720. The van der Waals surface area contributed by atoms with Gasteiger partial charge < -0.3 is 4.90 Å². The Balaban J connectivity index is 1.09. The molecule has 8 aromatic carbocycles. The predicted octanol–water partition coefficient (Wildman–Crippen LogP) is 14.3. The van der Waals surface area contributed by atoms with Crippen LogP contribution in [0.5, 0.6) is 0 Å². The number of fused-ring (bicyclic) bond motifs is 7. The summed E-state index contributed by atoms with van der Waals surface area (Å²) < 4.78 is 0. The van der Waals surface area contributed by atoms with E-state index in [9.17, 15) is 0 Å². The Morgan fingerprint density at radius 3 is 1.75 bits per heavy atom. The maximum absolute atomic E-state index is 2.43. The second kappa shape index (κ2) is 11.7. The molecule has 0 amide bonds. The topological polar surface area (TPSA) is 3.24 Å². The highest BCUT2D eigenvalue weighted by Crippen LogP contribution is 2.53. The van der Waals surface area contributed by atoms with E-state index in [1.165, 1.54) is 77.5 Å². The van der Waals surface area contributed by atoms with Crippen molar-refractivity contribution in [3.63, 3.8) is 0 Å². The van der Waals surface area contributed by atoms with Crippen molar-refractivity contribution in [1.29, 1.82) is 0 Å². The summed E-state index contributed by atoms with van der Waals surface area (Å²) in [6.07, 6.45) is 0. The molecule has 1 heteroatoms. The monoisotopic (exact) mass is 679 g/mol. The van der Waals surface area contributed by atoms with Crippen molar-refractivity contribution in [3.8, 4) is 44.5 Å². The van der Waals surface area contributed by atoms with Crippen LogP contribution < -0.4 is 4.90 Å². The highest BCUT2D eigenvalue weighted by atomic mass is 15.1. The average Bonchev–Trinajstić information content (AvgIpc) is 3.58. The molecule has 0 saturated heterocycles. The SMILES string of the molecule is CC1(C)c2ccccc2-c2ccc(-c3ccc(N(c4cccc(-c5cccc6c5C(C)(C)c5ccccc5-6)c4)c4cccc5ccccc45)cc3)cc21. The molecule has 2 aliphatic carbocycles. The van der Waals surface area contributed by atoms with Crippen LogP contribution in [0.3, 0.4) is 0 Å². The third kappa shape index (κ3) is 4.77. The number of nitrogens with zero attached hydrogens (tertiary/aromatic N) is 1. The summed E-state index contributed by atoms with van der Waals surface area (Å²) in [6, 6.07) is 65.2. The molecular weight excluding hydrogens is 639 g/mol. The number of hydrogen-bond acceptors (Lipinski definition) is 1. The second-order valence-electron chi connectivity index (χ2n) is 15.8. The molecule has 53 heavy (non-hydrogen) atoms. The van der Waals surface area contributed by atoms with Crippen molar-refractivity contribution in [3.05, 3.63) is 198 Å². The van der Waals surface area contributed by atoms with E-state index in [2.05, 4.69) is 209 Å². The molecule has 0 spiro atoms. The van der Waals surface area contributed by atoms with Gasteiger partial charge in [-0.25, -0.2) is 0 Å². The lowest BCUT2D eigenvalue weighted by atomic mass is 9.79. The molecule has 8 aromatic rings. The van der Waals surface area contributed by atoms with Gasteiger partial charge in [0.25, 0.3) is 0 Å². The molecule has 1 nitrogen and oxygen atoms in total. The van der Waals surface area contributed by atoms with Crippen LogP contribution >= 0.6 is 0 Å². The lowest BCUT2D eigenvalue weighted by molar-refractivity contribution is 0.660. The van der Waals surface area contributed by atoms with Crippen LogP contribution in [-0.4, -0.2) is 0 Å². The van der Waals surface area contributed by atoms with Crippen LogP contribution in [0.15, 0.2) is 176 Å². The number of hydrogen-bond donors (Lipinski definition) is 0.